The molecule has 1 aliphatic rings. The molecule has 1 aromatic heterocycles. The van der Waals surface area contributed by atoms with Gasteiger partial charge in [-0.25, -0.2) is 0 Å². The average molecular weight is 313 g/mol. The van der Waals surface area contributed by atoms with Crippen molar-refractivity contribution in [2.24, 2.45) is 0 Å². The number of fused-ring (bicyclic) bond motifs is 1. The molecule has 0 bridgehead atoms. The fraction of sp³-hybridized carbons (Fsp3) is 0.389. The number of amides is 1. The Morgan fingerprint density at radius 2 is 2.13 bits per heavy atom. The zero-order valence-corrected chi connectivity index (χ0v) is 13.6. The summed E-state index contributed by atoms with van der Waals surface area (Å²) in [5.74, 6) is 0.986. The normalized spacial score (nSPS) is 17.0. The number of ether oxygens (including phenoxy) is 1. The number of aromatic nitrogens is 1. The number of aryl methyl sites for hydroxylation is 1. The minimum atomic E-state index is -0.00972. The summed E-state index contributed by atoms with van der Waals surface area (Å²) in [6.07, 6.45) is 2.06. The van der Waals surface area contributed by atoms with Gasteiger partial charge in [-0.2, -0.15) is 0 Å². The molecule has 122 valence electrons. The Morgan fingerprint density at radius 1 is 1.30 bits per heavy atom. The second kappa shape index (κ2) is 6.87. The first kappa shape index (κ1) is 15.6. The van der Waals surface area contributed by atoms with E-state index in [0.29, 0.717) is 24.9 Å². The van der Waals surface area contributed by atoms with Crippen molar-refractivity contribution >= 4 is 5.91 Å². The van der Waals surface area contributed by atoms with Gasteiger partial charge in [0.25, 0.3) is 5.91 Å². The second-order valence-electron chi connectivity index (χ2n) is 6.13. The number of nitrogens with one attached hydrogen (secondary N) is 2. The maximum absolute atomic E-state index is 11.9. The fourth-order valence-electron chi connectivity index (χ4n) is 2.78. The summed E-state index contributed by atoms with van der Waals surface area (Å²) in [4.78, 5) is 16.6. The lowest BCUT2D eigenvalue weighted by molar-refractivity contribution is 0.0822. The molecule has 1 unspecified atom stereocenters. The molecule has 0 fully saturated rings. The molecular weight excluding hydrogens is 290 g/mol. The Morgan fingerprint density at radius 3 is 2.96 bits per heavy atom. The number of para-hydroxylation sites is 1. The van der Waals surface area contributed by atoms with E-state index in [1.807, 2.05) is 24.3 Å². The summed E-state index contributed by atoms with van der Waals surface area (Å²) in [5.41, 5.74) is 2.91. The Hall–Kier alpha value is -2.27. The molecule has 5 nitrogen and oxygen atoms in total. The van der Waals surface area contributed by atoms with Crippen LogP contribution in [-0.2, 0) is 13.0 Å². The molecule has 5 heteroatoms. The molecule has 0 radical (unpaired) electrons. The number of nitrogens with zero attached hydrogens (tertiary/aromatic N) is 1. The first-order valence-electron chi connectivity index (χ1n) is 7.97. The third-order valence-corrected chi connectivity index (χ3v) is 4.14. The highest BCUT2D eigenvalue weighted by Crippen LogP contribution is 2.23. The van der Waals surface area contributed by atoms with Gasteiger partial charge >= 0.3 is 0 Å². The highest BCUT2D eigenvalue weighted by molar-refractivity contribution is 5.92. The van der Waals surface area contributed by atoms with Crippen LogP contribution in [0.15, 0.2) is 36.4 Å². The number of benzene rings is 1. The molecular formula is C18H23N3O2. The van der Waals surface area contributed by atoms with Crippen LogP contribution < -0.4 is 10.1 Å². The lowest BCUT2D eigenvalue weighted by Gasteiger charge is -2.15. The Kier molecular flexibility index (Phi) is 4.67. The van der Waals surface area contributed by atoms with Crippen LogP contribution in [0.3, 0.4) is 0 Å². The molecule has 0 saturated heterocycles. The van der Waals surface area contributed by atoms with Crippen molar-refractivity contribution in [2.45, 2.75) is 25.4 Å². The number of rotatable bonds is 4. The highest BCUT2D eigenvalue weighted by atomic mass is 16.5. The van der Waals surface area contributed by atoms with Crippen molar-refractivity contribution in [1.82, 2.24) is 15.2 Å². The van der Waals surface area contributed by atoms with Crippen molar-refractivity contribution in [2.75, 3.05) is 20.7 Å². The number of hydrogen-bond acceptors (Lipinski definition) is 3. The van der Waals surface area contributed by atoms with Gasteiger partial charge in [-0.15, -0.1) is 0 Å². The summed E-state index contributed by atoms with van der Waals surface area (Å²) in [6.45, 7) is 1.37. The first-order chi connectivity index (χ1) is 11.1. The van der Waals surface area contributed by atoms with Crippen LogP contribution in [0.1, 0.15) is 28.2 Å². The summed E-state index contributed by atoms with van der Waals surface area (Å²) < 4.78 is 5.89. The molecule has 1 atom stereocenters. The minimum absolute atomic E-state index is 0.00972. The third kappa shape index (κ3) is 3.74. The number of carbonyl (C=O) groups excluding carboxylic acids is 1. The smallest absolute Gasteiger partial charge is 0.269 e. The van der Waals surface area contributed by atoms with E-state index in [1.165, 1.54) is 5.56 Å². The predicted molar refractivity (Wildman–Crippen MR) is 89.7 cm³/mol. The molecule has 2 aromatic rings. The Balaban J connectivity index is 1.54. The zero-order chi connectivity index (χ0) is 16.2. The van der Waals surface area contributed by atoms with E-state index in [-0.39, 0.29) is 5.91 Å². The van der Waals surface area contributed by atoms with E-state index < -0.39 is 0 Å². The maximum Gasteiger partial charge on any atom is 0.269 e. The molecule has 0 aliphatic carbocycles. The van der Waals surface area contributed by atoms with E-state index in [9.17, 15) is 4.79 Å². The fourth-order valence-corrected chi connectivity index (χ4v) is 2.78. The second-order valence-corrected chi connectivity index (χ2v) is 6.13. The van der Waals surface area contributed by atoms with Crippen molar-refractivity contribution in [1.29, 1.82) is 0 Å². The molecule has 1 amide bonds. The standard InChI is InChI=1S/C18H23N3O2/c1-21(2)18(22)16-10-9-14(20-16)11-19-15-8-7-13-5-3-4-6-17(13)23-12-15/h3-6,9-10,15,19-20H,7-8,11-12H2,1-2H3. The van der Waals surface area contributed by atoms with Gasteiger partial charge in [0.15, 0.2) is 0 Å². The van der Waals surface area contributed by atoms with Crippen LogP contribution in [0.2, 0.25) is 0 Å². The molecule has 2 heterocycles. The van der Waals surface area contributed by atoms with Crippen LogP contribution in [0.25, 0.3) is 0 Å². The predicted octanol–water partition coefficient (Wildman–Crippen LogP) is 2.20. The number of H-pyrrole nitrogens is 1. The molecule has 1 aromatic carbocycles. The van der Waals surface area contributed by atoms with Crippen LogP contribution in [0.4, 0.5) is 0 Å². The molecule has 2 N–H and O–H groups in total. The van der Waals surface area contributed by atoms with E-state index >= 15 is 0 Å². The van der Waals surface area contributed by atoms with E-state index in [2.05, 4.69) is 22.4 Å². The molecule has 0 saturated carbocycles. The van der Waals surface area contributed by atoms with Gasteiger partial charge in [0, 0.05) is 32.4 Å². The SMILES string of the molecule is CN(C)C(=O)c1ccc(CNC2CCc3ccccc3OC2)[nH]1. The van der Waals surface area contributed by atoms with Crippen molar-refractivity contribution in [3.8, 4) is 5.75 Å². The van der Waals surface area contributed by atoms with Crippen molar-refractivity contribution in [3.63, 3.8) is 0 Å². The van der Waals surface area contributed by atoms with Crippen LogP contribution >= 0.6 is 0 Å². The monoisotopic (exact) mass is 313 g/mol. The van der Waals surface area contributed by atoms with Crippen LogP contribution in [0.5, 0.6) is 5.75 Å². The molecule has 1 aliphatic heterocycles. The van der Waals surface area contributed by atoms with Gasteiger partial charge in [-0.1, -0.05) is 18.2 Å². The maximum atomic E-state index is 11.9. The van der Waals surface area contributed by atoms with Gasteiger partial charge in [0.2, 0.25) is 0 Å². The van der Waals surface area contributed by atoms with Crippen molar-refractivity contribution in [3.05, 3.63) is 53.3 Å². The first-order valence-corrected chi connectivity index (χ1v) is 7.97. The summed E-state index contributed by atoms with van der Waals surface area (Å²) >= 11 is 0. The van der Waals surface area contributed by atoms with E-state index in [4.69, 9.17) is 4.74 Å². The Labute approximate surface area is 136 Å². The Bertz CT molecular complexity index is 651. The quantitative estimate of drug-likeness (QED) is 0.910. The van der Waals surface area contributed by atoms with Crippen LogP contribution in [-0.4, -0.2) is 42.5 Å². The zero-order valence-electron chi connectivity index (χ0n) is 13.6. The third-order valence-electron chi connectivity index (χ3n) is 4.14. The van der Waals surface area contributed by atoms with E-state index in [0.717, 1.165) is 24.3 Å². The van der Waals surface area contributed by atoms with Gasteiger partial charge in [-0.05, 0) is 36.6 Å². The summed E-state index contributed by atoms with van der Waals surface area (Å²) in [6, 6.07) is 12.3. The molecule has 3 rings (SSSR count). The topological polar surface area (TPSA) is 57.4 Å². The minimum Gasteiger partial charge on any atom is -0.492 e. The summed E-state index contributed by atoms with van der Waals surface area (Å²) in [7, 11) is 3.50. The molecule has 0 spiro atoms. The van der Waals surface area contributed by atoms with Gasteiger partial charge in [-0.3, -0.25) is 4.79 Å². The highest BCUT2D eigenvalue weighted by Gasteiger charge is 2.17. The van der Waals surface area contributed by atoms with Gasteiger partial charge in [0.05, 0.1) is 0 Å². The number of aromatic amines is 1. The average Bonchev–Trinajstić information content (AvgIpc) is 2.93. The van der Waals surface area contributed by atoms with Crippen molar-refractivity contribution < 1.29 is 9.53 Å². The molecule has 23 heavy (non-hydrogen) atoms. The number of carbonyl (C=O) groups is 1. The largest absolute Gasteiger partial charge is 0.492 e. The summed E-state index contributed by atoms with van der Waals surface area (Å²) in [5, 5.41) is 3.51. The lowest BCUT2D eigenvalue weighted by atomic mass is 10.1. The van der Waals surface area contributed by atoms with Gasteiger partial charge in [0.1, 0.15) is 18.1 Å². The lowest BCUT2D eigenvalue weighted by Crippen LogP contribution is -2.33. The number of hydrogen-bond donors (Lipinski definition) is 2. The van der Waals surface area contributed by atoms with Gasteiger partial charge < -0.3 is 19.9 Å². The van der Waals surface area contributed by atoms with E-state index in [1.54, 1.807) is 19.0 Å². The van der Waals surface area contributed by atoms with Crippen LogP contribution in [0, 0.1) is 0 Å².